The van der Waals surface area contributed by atoms with Gasteiger partial charge in [-0.25, -0.2) is 4.79 Å². The van der Waals surface area contributed by atoms with E-state index in [9.17, 15) is 4.79 Å². The van der Waals surface area contributed by atoms with Gasteiger partial charge in [-0.1, -0.05) is 24.4 Å². The molecular formula is C22H29ClO4. The molecule has 0 N–H and O–H groups in total. The predicted molar refractivity (Wildman–Crippen MR) is 103 cm³/mol. The third kappa shape index (κ3) is 5.46. The number of halogens is 1. The highest BCUT2D eigenvalue weighted by atomic mass is 35.5. The molecule has 0 unspecified atom stereocenters. The number of hydrogen-bond donors (Lipinski definition) is 0. The summed E-state index contributed by atoms with van der Waals surface area (Å²) >= 11 is 5.88. The molecule has 2 saturated carbocycles. The minimum atomic E-state index is -0.223. The molecule has 4 rings (SSSR count). The van der Waals surface area contributed by atoms with Gasteiger partial charge in [0.2, 0.25) is 6.29 Å². The van der Waals surface area contributed by atoms with Crippen molar-refractivity contribution in [3.8, 4) is 0 Å². The van der Waals surface area contributed by atoms with E-state index < -0.39 is 0 Å². The first kappa shape index (κ1) is 19.2. The monoisotopic (exact) mass is 392 g/mol. The minimum Gasteiger partial charge on any atom is -0.459 e. The standard InChI is InChI=1S/C22H29ClO4/c23-19-10-6-18(7-11-19)22(24)25-20-12-8-17(9-13-20)16-4-1-15(2-5-16)3-14-21-26-27-21/h6-7,10-11,15-17,20-21H,1-5,8-9,12-14H2. The van der Waals surface area contributed by atoms with Crippen molar-refractivity contribution in [2.45, 2.75) is 76.6 Å². The third-order valence-electron chi connectivity index (χ3n) is 6.67. The van der Waals surface area contributed by atoms with Crippen LogP contribution in [0.3, 0.4) is 0 Å². The van der Waals surface area contributed by atoms with Crippen LogP contribution in [0.4, 0.5) is 0 Å². The highest BCUT2D eigenvalue weighted by molar-refractivity contribution is 6.30. The molecule has 1 saturated heterocycles. The molecule has 0 atom stereocenters. The van der Waals surface area contributed by atoms with Gasteiger partial charge >= 0.3 is 5.97 Å². The van der Waals surface area contributed by atoms with E-state index in [1.54, 1.807) is 24.3 Å². The van der Waals surface area contributed by atoms with Crippen LogP contribution in [0.1, 0.15) is 74.6 Å². The van der Waals surface area contributed by atoms with Crippen molar-refractivity contribution in [2.75, 3.05) is 0 Å². The highest BCUT2D eigenvalue weighted by Gasteiger charge is 2.33. The van der Waals surface area contributed by atoms with Gasteiger partial charge in [0.05, 0.1) is 5.56 Å². The maximum absolute atomic E-state index is 12.3. The molecule has 0 radical (unpaired) electrons. The Hall–Kier alpha value is -1.10. The van der Waals surface area contributed by atoms with E-state index in [4.69, 9.17) is 26.1 Å². The van der Waals surface area contributed by atoms with E-state index in [1.165, 1.54) is 44.9 Å². The lowest BCUT2D eigenvalue weighted by molar-refractivity contribution is 0.0109. The molecular weight excluding hydrogens is 364 g/mol. The largest absolute Gasteiger partial charge is 0.459 e. The van der Waals surface area contributed by atoms with Crippen molar-refractivity contribution in [2.24, 2.45) is 17.8 Å². The molecule has 2 aliphatic carbocycles. The predicted octanol–water partition coefficient (Wildman–Crippen LogP) is 5.93. The molecule has 148 valence electrons. The summed E-state index contributed by atoms with van der Waals surface area (Å²) in [5.41, 5.74) is 0.585. The summed E-state index contributed by atoms with van der Waals surface area (Å²) in [6.07, 6.45) is 12.3. The average molecular weight is 393 g/mol. The molecule has 4 nitrogen and oxygen atoms in total. The average Bonchev–Trinajstić information content (AvgIpc) is 3.52. The number of ether oxygens (including phenoxy) is 1. The zero-order valence-corrected chi connectivity index (χ0v) is 16.5. The number of benzene rings is 1. The van der Waals surface area contributed by atoms with Gasteiger partial charge in [-0.15, -0.1) is 0 Å². The van der Waals surface area contributed by atoms with Crippen molar-refractivity contribution >= 4 is 17.6 Å². The van der Waals surface area contributed by atoms with Crippen molar-refractivity contribution in [3.63, 3.8) is 0 Å². The molecule has 0 spiro atoms. The lowest BCUT2D eigenvalue weighted by Gasteiger charge is -2.37. The minimum absolute atomic E-state index is 0.0688. The Morgan fingerprint density at radius 3 is 2.07 bits per heavy atom. The molecule has 1 aromatic rings. The summed E-state index contributed by atoms with van der Waals surface area (Å²) in [6.45, 7) is 0. The van der Waals surface area contributed by atoms with Gasteiger partial charge in [0.25, 0.3) is 0 Å². The van der Waals surface area contributed by atoms with E-state index in [-0.39, 0.29) is 18.4 Å². The lowest BCUT2D eigenvalue weighted by Crippen LogP contribution is -2.29. The van der Waals surface area contributed by atoms with Crippen molar-refractivity contribution in [1.82, 2.24) is 0 Å². The molecule has 27 heavy (non-hydrogen) atoms. The van der Waals surface area contributed by atoms with Crippen LogP contribution >= 0.6 is 11.6 Å². The van der Waals surface area contributed by atoms with Crippen molar-refractivity contribution < 1.29 is 19.3 Å². The van der Waals surface area contributed by atoms with Gasteiger partial charge in [-0.2, -0.15) is 9.78 Å². The number of carbonyl (C=O) groups excluding carboxylic acids is 1. The van der Waals surface area contributed by atoms with E-state index in [1.807, 2.05) is 0 Å². The van der Waals surface area contributed by atoms with Crippen LogP contribution in [0.2, 0.25) is 5.02 Å². The molecule has 1 heterocycles. The van der Waals surface area contributed by atoms with Crippen LogP contribution in [0.5, 0.6) is 0 Å². The Balaban J connectivity index is 1.16. The van der Waals surface area contributed by atoms with Crippen LogP contribution < -0.4 is 0 Å². The second-order valence-electron chi connectivity index (χ2n) is 8.43. The Morgan fingerprint density at radius 2 is 1.48 bits per heavy atom. The van der Waals surface area contributed by atoms with Crippen LogP contribution in [0.25, 0.3) is 0 Å². The number of hydrogen-bond acceptors (Lipinski definition) is 4. The van der Waals surface area contributed by atoms with Gasteiger partial charge in [0.15, 0.2) is 0 Å². The lowest BCUT2D eigenvalue weighted by atomic mass is 9.70. The molecule has 3 aliphatic rings. The topological polar surface area (TPSA) is 51.4 Å². The van der Waals surface area contributed by atoms with E-state index in [0.29, 0.717) is 10.6 Å². The van der Waals surface area contributed by atoms with Gasteiger partial charge in [0, 0.05) is 11.4 Å². The SMILES string of the molecule is O=C(OC1CCC(C2CCC(CCC3OO3)CC2)CC1)c1ccc(Cl)cc1. The van der Waals surface area contributed by atoms with E-state index in [0.717, 1.165) is 37.0 Å². The summed E-state index contributed by atoms with van der Waals surface area (Å²) in [5, 5.41) is 0.635. The quantitative estimate of drug-likeness (QED) is 0.342. The smallest absolute Gasteiger partial charge is 0.338 e. The van der Waals surface area contributed by atoms with Crippen LogP contribution in [0.15, 0.2) is 24.3 Å². The summed E-state index contributed by atoms with van der Waals surface area (Å²) in [5.74, 6) is 2.30. The maximum atomic E-state index is 12.3. The molecule has 1 aliphatic heterocycles. The fourth-order valence-corrected chi connectivity index (χ4v) is 5.06. The van der Waals surface area contributed by atoms with Crippen LogP contribution in [-0.4, -0.2) is 18.4 Å². The Labute approximate surface area is 166 Å². The van der Waals surface area contributed by atoms with Crippen LogP contribution in [-0.2, 0) is 14.5 Å². The fraction of sp³-hybridized carbons (Fsp3) is 0.682. The normalized spacial score (nSPS) is 31.4. The molecule has 5 heteroatoms. The summed E-state index contributed by atoms with van der Waals surface area (Å²) < 4.78 is 5.72. The van der Waals surface area contributed by atoms with E-state index >= 15 is 0 Å². The maximum Gasteiger partial charge on any atom is 0.338 e. The number of rotatable bonds is 6. The van der Waals surface area contributed by atoms with Crippen molar-refractivity contribution in [1.29, 1.82) is 0 Å². The van der Waals surface area contributed by atoms with Gasteiger partial charge < -0.3 is 4.74 Å². The number of esters is 1. The first-order chi connectivity index (χ1) is 13.2. The summed E-state index contributed by atoms with van der Waals surface area (Å²) in [6, 6.07) is 6.93. The van der Waals surface area contributed by atoms with Crippen molar-refractivity contribution in [3.05, 3.63) is 34.9 Å². The van der Waals surface area contributed by atoms with Gasteiger partial charge in [-0.3, -0.25) is 0 Å². The first-order valence-electron chi connectivity index (χ1n) is 10.5. The fourth-order valence-electron chi connectivity index (χ4n) is 4.94. The molecule has 0 bridgehead atoms. The molecule has 1 aromatic carbocycles. The van der Waals surface area contributed by atoms with Crippen LogP contribution in [0, 0.1) is 17.8 Å². The Kier molecular flexibility index (Phi) is 6.36. The van der Waals surface area contributed by atoms with E-state index in [2.05, 4.69) is 0 Å². The zero-order chi connectivity index (χ0) is 18.6. The summed E-state index contributed by atoms with van der Waals surface area (Å²) in [7, 11) is 0. The Bertz CT molecular complexity index is 612. The number of carbonyl (C=O) groups is 1. The summed E-state index contributed by atoms with van der Waals surface area (Å²) in [4.78, 5) is 22.0. The molecule has 0 amide bonds. The Morgan fingerprint density at radius 1 is 0.889 bits per heavy atom. The third-order valence-corrected chi connectivity index (χ3v) is 6.93. The second-order valence-corrected chi connectivity index (χ2v) is 8.87. The molecule has 0 aromatic heterocycles. The van der Waals surface area contributed by atoms with Gasteiger partial charge in [-0.05, 0) is 87.0 Å². The zero-order valence-electron chi connectivity index (χ0n) is 15.8. The second kappa shape index (κ2) is 8.93. The first-order valence-corrected chi connectivity index (χ1v) is 10.8. The molecule has 3 fully saturated rings. The van der Waals surface area contributed by atoms with Gasteiger partial charge in [0.1, 0.15) is 6.10 Å². The highest BCUT2D eigenvalue weighted by Crippen LogP contribution is 2.42.